The first kappa shape index (κ1) is 22.0. The van der Waals surface area contributed by atoms with Gasteiger partial charge in [0.2, 0.25) is 5.79 Å². The summed E-state index contributed by atoms with van der Waals surface area (Å²) in [6.45, 7) is 8.51. The van der Waals surface area contributed by atoms with Crippen molar-refractivity contribution in [1.29, 1.82) is 0 Å². The van der Waals surface area contributed by atoms with Crippen molar-refractivity contribution in [2.75, 3.05) is 7.11 Å². The minimum absolute atomic E-state index is 0.243. The van der Waals surface area contributed by atoms with Gasteiger partial charge in [-0.1, -0.05) is 5.57 Å². The monoisotopic (exact) mass is 392 g/mol. The minimum Gasteiger partial charge on any atom is -0.456 e. The molecular weight excluding hydrogens is 364 g/mol. The van der Waals surface area contributed by atoms with Gasteiger partial charge in [-0.05, 0) is 65.2 Å². The Morgan fingerprint density at radius 3 is 2.36 bits per heavy atom. The van der Waals surface area contributed by atoms with Crippen molar-refractivity contribution in [1.82, 2.24) is 0 Å². The van der Waals surface area contributed by atoms with E-state index in [0.29, 0.717) is 17.6 Å². The molecule has 0 saturated heterocycles. The second kappa shape index (κ2) is 8.01. The van der Waals surface area contributed by atoms with E-state index in [0.717, 1.165) is 11.9 Å². The number of esters is 2. The third-order valence-corrected chi connectivity index (χ3v) is 5.27. The maximum atomic E-state index is 12.7. The number of hydrogen-bond donors (Lipinski definition) is 1. The zero-order chi connectivity index (χ0) is 21.3. The van der Waals surface area contributed by atoms with Crippen LogP contribution in [0.2, 0.25) is 0 Å². The number of cyclic esters (lactones) is 2. The van der Waals surface area contributed by atoms with Gasteiger partial charge in [-0.3, -0.25) is 4.79 Å². The summed E-state index contributed by atoms with van der Waals surface area (Å²) < 4.78 is 16.6. The van der Waals surface area contributed by atoms with Crippen LogP contribution >= 0.6 is 0 Å². The van der Waals surface area contributed by atoms with Crippen LogP contribution in [0.3, 0.4) is 0 Å². The van der Waals surface area contributed by atoms with E-state index in [4.69, 9.17) is 14.2 Å². The Morgan fingerprint density at radius 2 is 1.89 bits per heavy atom. The van der Waals surface area contributed by atoms with Gasteiger partial charge in [-0.25, -0.2) is 9.59 Å². The van der Waals surface area contributed by atoms with Gasteiger partial charge in [0.25, 0.3) is 0 Å². The van der Waals surface area contributed by atoms with Crippen LogP contribution in [0, 0.1) is 5.92 Å². The van der Waals surface area contributed by atoms with Crippen LogP contribution in [0.15, 0.2) is 34.4 Å². The normalized spacial score (nSPS) is 29.2. The number of aldehydes is 1. The molecule has 0 fully saturated rings. The molecule has 0 aliphatic carbocycles. The number of carbonyl (C=O) groups excluding carboxylic acids is 3. The average Bonchev–Trinajstić information content (AvgIpc) is 2.83. The Morgan fingerprint density at radius 1 is 1.25 bits per heavy atom. The molecule has 3 atom stereocenters. The van der Waals surface area contributed by atoms with Crippen LogP contribution in [-0.2, 0) is 28.6 Å². The summed E-state index contributed by atoms with van der Waals surface area (Å²) in [6, 6.07) is 0. The maximum Gasteiger partial charge on any atom is 0.336 e. The molecule has 154 valence electrons. The smallest absolute Gasteiger partial charge is 0.336 e. The lowest BCUT2D eigenvalue weighted by atomic mass is 9.78. The number of methoxy groups -OCH3 is 1. The fraction of sp³-hybridized carbons (Fsp3) is 0.571. The molecule has 2 aliphatic rings. The van der Waals surface area contributed by atoms with Crippen molar-refractivity contribution in [2.24, 2.45) is 5.92 Å². The molecule has 7 nitrogen and oxygen atoms in total. The molecule has 0 bridgehead atoms. The predicted octanol–water partition coefficient (Wildman–Crippen LogP) is 2.39. The molecular formula is C21H28O7. The Labute approximate surface area is 165 Å². The molecule has 0 aromatic rings. The van der Waals surface area contributed by atoms with Crippen LogP contribution in [-0.4, -0.2) is 47.9 Å². The summed E-state index contributed by atoms with van der Waals surface area (Å²) in [5.74, 6) is -3.57. The van der Waals surface area contributed by atoms with Crippen LogP contribution in [0.4, 0.5) is 0 Å². The van der Waals surface area contributed by atoms with Crippen molar-refractivity contribution in [2.45, 2.75) is 65.0 Å². The third-order valence-electron chi connectivity index (χ3n) is 5.27. The van der Waals surface area contributed by atoms with Gasteiger partial charge in [0.05, 0.1) is 12.0 Å². The summed E-state index contributed by atoms with van der Waals surface area (Å²) in [6.07, 6.45) is 3.10. The maximum absolute atomic E-state index is 12.7. The lowest BCUT2D eigenvalue weighted by molar-refractivity contribution is -0.249. The van der Waals surface area contributed by atoms with Crippen LogP contribution in [0.25, 0.3) is 0 Å². The molecule has 2 heterocycles. The standard InChI is InChI=1S/C21H28O7/c1-12(2)15(11-22)8-7-14-9-16(23)17(20(4,5)27-19(14)25)21(26-6)10-13(3)18(24)28-21/h9-11,16-17,23H,7-8H2,1-6H3/t16-,17+,21-/m1/s1. The highest BCUT2D eigenvalue weighted by atomic mass is 16.7. The summed E-state index contributed by atoms with van der Waals surface area (Å²) in [5.41, 5.74) is 0.882. The van der Waals surface area contributed by atoms with Crippen LogP contribution < -0.4 is 0 Å². The van der Waals surface area contributed by atoms with E-state index < -0.39 is 35.3 Å². The van der Waals surface area contributed by atoms with Gasteiger partial charge in [0, 0.05) is 18.3 Å². The van der Waals surface area contributed by atoms with Gasteiger partial charge in [0.1, 0.15) is 11.9 Å². The number of aliphatic hydroxyl groups is 1. The van der Waals surface area contributed by atoms with Gasteiger partial charge in [-0.15, -0.1) is 0 Å². The fourth-order valence-electron chi connectivity index (χ4n) is 3.75. The molecule has 0 aromatic heterocycles. The molecule has 2 aliphatic heterocycles. The molecule has 1 N–H and O–H groups in total. The van der Waals surface area contributed by atoms with E-state index >= 15 is 0 Å². The lowest BCUT2D eigenvalue weighted by Crippen LogP contribution is -2.55. The topological polar surface area (TPSA) is 99.1 Å². The number of hydrogen-bond acceptors (Lipinski definition) is 7. The first-order valence-corrected chi connectivity index (χ1v) is 9.19. The molecule has 0 spiro atoms. The summed E-state index contributed by atoms with van der Waals surface area (Å²) in [7, 11) is 1.37. The fourth-order valence-corrected chi connectivity index (χ4v) is 3.75. The Hall–Kier alpha value is -2.25. The van der Waals surface area contributed by atoms with Crippen molar-refractivity contribution in [3.8, 4) is 0 Å². The highest BCUT2D eigenvalue weighted by Crippen LogP contribution is 2.44. The second-order valence-corrected chi connectivity index (χ2v) is 7.94. The van der Waals surface area contributed by atoms with E-state index in [9.17, 15) is 19.5 Å². The minimum atomic E-state index is -1.55. The van der Waals surface area contributed by atoms with Crippen molar-refractivity contribution < 1.29 is 33.7 Å². The first-order valence-electron chi connectivity index (χ1n) is 9.19. The van der Waals surface area contributed by atoms with E-state index in [-0.39, 0.29) is 12.0 Å². The van der Waals surface area contributed by atoms with Crippen LogP contribution in [0.5, 0.6) is 0 Å². The van der Waals surface area contributed by atoms with Gasteiger partial charge < -0.3 is 19.3 Å². The van der Waals surface area contributed by atoms with E-state index in [1.165, 1.54) is 19.3 Å². The summed E-state index contributed by atoms with van der Waals surface area (Å²) in [5, 5.41) is 10.9. The van der Waals surface area contributed by atoms with Crippen molar-refractivity contribution in [3.05, 3.63) is 34.4 Å². The zero-order valence-corrected chi connectivity index (χ0v) is 17.2. The second-order valence-electron chi connectivity index (χ2n) is 7.94. The number of ether oxygens (including phenoxy) is 3. The quantitative estimate of drug-likeness (QED) is 0.421. The Balaban J connectivity index is 2.41. The lowest BCUT2D eigenvalue weighted by Gasteiger charge is -2.42. The van der Waals surface area contributed by atoms with Gasteiger partial charge >= 0.3 is 11.9 Å². The molecule has 0 amide bonds. The summed E-state index contributed by atoms with van der Waals surface area (Å²) in [4.78, 5) is 35.8. The summed E-state index contributed by atoms with van der Waals surface area (Å²) >= 11 is 0. The Bertz CT molecular complexity index is 768. The van der Waals surface area contributed by atoms with Crippen molar-refractivity contribution >= 4 is 18.2 Å². The SMILES string of the molecule is CO[C@]1([C@H]2[C@H](O)C=C(CCC(C=O)=C(C)C)C(=O)OC2(C)C)C=C(C)C(=O)O1. The molecule has 7 heteroatoms. The largest absolute Gasteiger partial charge is 0.456 e. The van der Waals surface area contributed by atoms with Gasteiger partial charge in [-0.2, -0.15) is 0 Å². The number of allylic oxidation sites excluding steroid dienone is 2. The highest BCUT2D eigenvalue weighted by molar-refractivity contribution is 5.91. The third kappa shape index (κ3) is 4.10. The van der Waals surface area contributed by atoms with Gasteiger partial charge in [0.15, 0.2) is 0 Å². The van der Waals surface area contributed by atoms with Crippen molar-refractivity contribution in [3.63, 3.8) is 0 Å². The average molecular weight is 392 g/mol. The number of aliphatic hydroxyl groups excluding tert-OH is 1. The molecule has 0 aromatic carbocycles. The molecule has 2 rings (SSSR count). The number of carbonyl (C=O) groups is 3. The zero-order valence-electron chi connectivity index (χ0n) is 17.2. The van der Waals surface area contributed by atoms with E-state index in [1.54, 1.807) is 20.8 Å². The Kier molecular flexibility index (Phi) is 6.31. The number of rotatable bonds is 6. The molecule has 0 radical (unpaired) electrons. The predicted molar refractivity (Wildman–Crippen MR) is 101 cm³/mol. The molecule has 28 heavy (non-hydrogen) atoms. The highest BCUT2D eigenvalue weighted by Gasteiger charge is 2.57. The van der Waals surface area contributed by atoms with E-state index in [1.807, 2.05) is 13.8 Å². The first-order chi connectivity index (χ1) is 13.0. The molecule has 0 unspecified atom stereocenters. The van der Waals surface area contributed by atoms with Crippen LogP contribution in [0.1, 0.15) is 47.5 Å². The molecule has 0 saturated carbocycles. The van der Waals surface area contributed by atoms with E-state index in [2.05, 4.69) is 0 Å².